The summed E-state index contributed by atoms with van der Waals surface area (Å²) in [6.07, 6.45) is 1.96. The number of nitrogens with one attached hydrogen (secondary N) is 1. The number of nitrogens with two attached hydrogens (primary N) is 1. The van der Waals surface area contributed by atoms with E-state index >= 15 is 0 Å². The van der Waals surface area contributed by atoms with Gasteiger partial charge in [0, 0.05) is 16.9 Å². The van der Waals surface area contributed by atoms with E-state index in [2.05, 4.69) is 4.72 Å². The smallest absolute Gasteiger partial charge is 0.215 e. The van der Waals surface area contributed by atoms with Crippen LogP contribution in [0.5, 0.6) is 0 Å². The number of rotatable bonds is 7. The molecule has 20 heavy (non-hydrogen) atoms. The van der Waals surface area contributed by atoms with Gasteiger partial charge in [0.05, 0.1) is 5.75 Å². The first-order valence-electron chi connectivity index (χ1n) is 6.06. The lowest BCUT2D eigenvalue weighted by Gasteiger charge is -2.22. The maximum absolute atomic E-state index is 12.0. The van der Waals surface area contributed by atoms with Crippen molar-refractivity contribution in [3.63, 3.8) is 0 Å². The van der Waals surface area contributed by atoms with Crippen LogP contribution in [0.3, 0.4) is 0 Å². The average molecular weight is 333 g/mol. The van der Waals surface area contributed by atoms with Gasteiger partial charge >= 0.3 is 0 Å². The molecule has 7 heteroatoms. The molecule has 0 atom stereocenters. The molecular formula is C13H20N2O2S3. The Morgan fingerprint density at radius 2 is 1.90 bits per heavy atom. The molecule has 1 aromatic rings. The van der Waals surface area contributed by atoms with Gasteiger partial charge in [0.15, 0.2) is 0 Å². The molecule has 0 bridgehead atoms. The van der Waals surface area contributed by atoms with Crippen LogP contribution in [-0.2, 0) is 15.8 Å². The van der Waals surface area contributed by atoms with E-state index in [1.54, 1.807) is 36.0 Å². The molecule has 1 rings (SSSR count). The summed E-state index contributed by atoms with van der Waals surface area (Å²) in [5.74, 6) is -0.0466. The van der Waals surface area contributed by atoms with Crippen LogP contribution in [0.1, 0.15) is 25.0 Å². The fourth-order valence-electron chi connectivity index (χ4n) is 1.39. The molecule has 0 aliphatic heterocycles. The van der Waals surface area contributed by atoms with Gasteiger partial charge in [-0.3, -0.25) is 0 Å². The van der Waals surface area contributed by atoms with Crippen molar-refractivity contribution in [3.05, 3.63) is 35.4 Å². The van der Waals surface area contributed by atoms with Crippen molar-refractivity contribution in [3.8, 4) is 0 Å². The lowest BCUT2D eigenvalue weighted by molar-refractivity contribution is 0.570. The fourth-order valence-corrected chi connectivity index (χ4v) is 3.15. The number of thiocarbonyl (C=S) groups is 1. The Morgan fingerprint density at radius 3 is 2.35 bits per heavy atom. The zero-order chi connectivity index (χ0) is 15.4. The normalized spacial score (nSPS) is 12.3. The van der Waals surface area contributed by atoms with E-state index in [1.165, 1.54) is 0 Å². The van der Waals surface area contributed by atoms with Crippen molar-refractivity contribution < 1.29 is 8.42 Å². The molecule has 0 aliphatic rings. The minimum atomic E-state index is -3.34. The van der Waals surface area contributed by atoms with Crippen molar-refractivity contribution in [1.29, 1.82) is 0 Å². The van der Waals surface area contributed by atoms with Crippen molar-refractivity contribution in [2.45, 2.75) is 24.3 Å². The molecular weight excluding hydrogens is 312 g/mol. The van der Waals surface area contributed by atoms with Gasteiger partial charge in [0.1, 0.15) is 4.99 Å². The molecule has 0 fully saturated rings. The number of hydrogen-bond donors (Lipinski definition) is 2. The summed E-state index contributed by atoms with van der Waals surface area (Å²) in [5.41, 5.74) is 6.94. The lowest BCUT2D eigenvalue weighted by atomic mass is 10.1. The first kappa shape index (κ1) is 17.4. The highest BCUT2D eigenvalue weighted by Gasteiger charge is 2.20. The number of benzene rings is 1. The first-order chi connectivity index (χ1) is 9.15. The summed E-state index contributed by atoms with van der Waals surface area (Å²) in [6.45, 7) is 4.40. The van der Waals surface area contributed by atoms with E-state index in [4.69, 9.17) is 18.0 Å². The summed E-state index contributed by atoms with van der Waals surface area (Å²) in [4.78, 5) is 0.305. The topological polar surface area (TPSA) is 72.2 Å². The van der Waals surface area contributed by atoms with E-state index in [-0.39, 0.29) is 10.5 Å². The van der Waals surface area contributed by atoms with E-state index in [0.29, 0.717) is 17.1 Å². The Labute approximate surface area is 130 Å². The van der Waals surface area contributed by atoms with Crippen molar-refractivity contribution in [2.75, 3.05) is 12.8 Å². The monoisotopic (exact) mass is 332 g/mol. The highest BCUT2D eigenvalue weighted by molar-refractivity contribution is 8.00. The van der Waals surface area contributed by atoms with Crippen molar-refractivity contribution >= 4 is 39.0 Å². The maximum Gasteiger partial charge on any atom is 0.215 e. The molecule has 0 radical (unpaired) electrons. The molecule has 0 heterocycles. The zero-order valence-electron chi connectivity index (χ0n) is 11.8. The fraction of sp³-hybridized carbons (Fsp3) is 0.462. The zero-order valence-corrected chi connectivity index (χ0v) is 14.3. The van der Waals surface area contributed by atoms with Gasteiger partial charge in [-0.1, -0.05) is 36.5 Å². The van der Waals surface area contributed by atoms with Crippen LogP contribution in [0.15, 0.2) is 24.3 Å². The summed E-state index contributed by atoms with van der Waals surface area (Å²) >= 11 is 6.48. The second kappa shape index (κ2) is 6.89. The van der Waals surface area contributed by atoms with E-state index in [9.17, 15) is 8.42 Å². The second-order valence-corrected chi connectivity index (χ2v) is 8.87. The molecule has 3 N–H and O–H groups in total. The third-order valence-corrected chi connectivity index (χ3v) is 5.65. The Balaban J connectivity index is 2.69. The molecule has 4 nitrogen and oxygen atoms in total. The highest BCUT2D eigenvalue weighted by atomic mass is 32.2. The number of sulfonamides is 1. The van der Waals surface area contributed by atoms with Crippen molar-refractivity contribution in [2.24, 2.45) is 5.73 Å². The van der Waals surface area contributed by atoms with Gasteiger partial charge in [-0.25, -0.2) is 13.1 Å². The summed E-state index contributed by atoms with van der Waals surface area (Å²) < 4.78 is 26.5. The quantitative estimate of drug-likeness (QED) is 0.746. The predicted octanol–water partition coefficient (Wildman–Crippen LogP) is 1.88. The van der Waals surface area contributed by atoms with Gasteiger partial charge in [-0.05, 0) is 25.7 Å². The third kappa shape index (κ3) is 5.78. The minimum Gasteiger partial charge on any atom is -0.389 e. The summed E-state index contributed by atoms with van der Waals surface area (Å²) in [6, 6.07) is 6.93. The molecule has 0 saturated carbocycles. The Morgan fingerprint density at radius 1 is 1.35 bits per heavy atom. The molecule has 0 spiro atoms. The number of thioether (sulfide) groups is 1. The van der Waals surface area contributed by atoms with E-state index in [1.807, 2.05) is 20.1 Å². The molecule has 0 saturated heterocycles. The van der Waals surface area contributed by atoms with E-state index in [0.717, 1.165) is 5.56 Å². The standard InChI is InChI=1S/C13H20N2O2S3/c1-13(2,19-3)9-15-20(16,17)8-10-4-6-11(7-5-10)12(14)18/h4-7,15H,8-9H2,1-3H3,(H2,14,18). The highest BCUT2D eigenvalue weighted by Crippen LogP contribution is 2.20. The summed E-state index contributed by atoms with van der Waals surface area (Å²) in [5, 5.41) is 0. The molecule has 1 aromatic carbocycles. The van der Waals surface area contributed by atoms with Crippen LogP contribution in [0.4, 0.5) is 0 Å². The van der Waals surface area contributed by atoms with Gasteiger partial charge in [-0.15, -0.1) is 0 Å². The molecule has 0 aliphatic carbocycles. The summed E-state index contributed by atoms with van der Waals surface area (Å²) in [7, 11) is -3.34. The molecule has 0 aromatic heterocycles. The Kier molecular flexibility index (Phi) is 6.00. The Bertz CT molecular complexity index is 566. The predicted molar refractivity (Wildman–Crippen MR) is 90.5 cm³/mol. The van der Waals surface area contributed by atoms with Crippen LogP contribution in [0, 0.1) is 0 Å². The van der Waals surface area contributed by atoms with Crippen molar-refractivity contribution in [1.82, 2.24) is 4.72 Å². The lowest BCUT2D eigenvalue weighted by Crippen LogP contribution is -2.36. The van der Waals surface area contributed by atoms with Crippen LogP contribution in [0.2, 0.25) is 0 Å². The second-order valence-electron chi connectivity index (χ2n) is 5.11. The maximum atomic E-state index is 12.0. The average Bonchev–Trinajstić information content (AvgIpc) is 2.37. The van der Waals surface area contributed by atoms with Crippen LogP contribution < -0.4 is 10.5 Å². The van der Waals surface area contributed by atoms with Gasteiger partial charge in [0.25, 0.3) is 0 Å². The molecule has 0 amide bonds. The third-order valence-electron chi connectivity index (χ3n) is 2.87. The largest absolute Gasteiger partial charge is 0.389 e. The van der Waals surface area contributed by atoms with Crippen LogP contribution >= 0.6 is 24.0 Å². The number of hydrogen-bond acceptors (Lipinski definition) is 4. The van der Waals surface area contributed by atoms with Gasteiger partial charge < -0.3 is 5.73 Å². The van der Waals surface area contributed by atoms with Gasteiger partial charge in [0.2, 0.25) is 10.0 Å². The van der Waals surface area contributed by atoms with Gasteiger partial charge in [-0.2, -0.15) is 11.8 Å². The molecule has 112 valence electrons. The van der Waals surface area contributed by atoms with Crippen LogP contribution in [-0.4, -0.2) is 31.0 Å². The SMILES string of the molecule is CSC(C)(C)CNS(=O)(=O)Cc1ccc(C(N)=S)cc1. The van der Waals surface area contributed by atoms with Crippen LogP contribution in [0.25, 0.3) is 0 Å². The minimum absolute atomic E-state index is 0.0466. The Hall–Kier alpha value is -0.630. The first-order valence-corrected chi connectivity index (χ1v) is 9.35. The molecule has 0 unspecified atom stereocenters. The van der Waals surface area contributed by atoms with E-state index < -0.39 is 10.0 Å².